The summed E-state index contributed by atoms with van der Waals surface area (Å²) in [5, 5.41) is 6.91. The van der Waals surface area contributed by atoms with Gasteiger partial charge in [-0.15, -0.1) is 0 Å². The maximum Gasteiger partial charge on any atom is 0.315 e. The van der Waals surface area contributed by atoms with Gasteiger partial charge in [-0.3, -0.25) is 4.90 Å². The predicted molar refractivity (Wildman–Crippen MR) is 123 cm³/mol. The summed E-state index contributed by atoms with van der Waals surface area (Å²) in [5.74, 6) is 0. The molecule has 30 heavy (non-hydrogen) atoms. The summed E-state index contributed by atoms with van der Waals surface area (Å²) >= 11 is 5.96. The van der Waals surface area contributed by atoms with Gasteiger partial charge in [-0.05, 0) is 61.1 Å². The van der Waals surface area contributed by atoms with Crippen LogP contribution in [0.15, 0.2) is 48.5 Å². The van der Waals surface area contributed by atoms with Crippen molar-refractivity contribution in [2.75, 3.05) is 31.1 Å². The number of halogens is 1. The molecule has 0 bridgehead atoms. The molecule has 2 aliphatic heterocycles. The molecule has 5 nitrogen and oxygen atoms in total. The highest BCUT2D eigenvalue weighted by Crippen LogP contribution is 2.20. The van der Waals surface area contributed by atoms with Gasteiger partial charge in [0.1, 0.15) is 0 Å². The third-order valence-corrected chi connectivity index (χ3v) is 6.35. The van der Waals surface area contributed by atoms with Crippen molar-refractivity contribution in [3.63, 3.8) is 0 Å². The van der Waals surface area contributed by atoms with Gasteiger partial charge in [0, 0.05) is 56.0 Å². The smallest absolute Gasteiger partial charge is 0.315 e. The average molecular weight is 427 g/mol. The van der Waals surface area contributed by atoms with Gasteiger partial charge >= 0.3 is 6.03 Å². The van der Waals surface area contributed by atoms with Crippen molar-refractivity contribution >= 4 is 23.3 Å². The molecule has 2 aromatic rings. The van der Waals surface area contributed by atoms with E-state index in [0.29, 0.717) is 6.54 Å². The van der Waals surface area contributed by atoms with Crippen LogP contribution in [0.1, 0.15) is 36.8 Å². The largest absolute Gasteiger partial charge is 0.372 e. The maximum absolute atomic E-state index is 12.3. The minimum absolute atomic E-state index is 0.0743. The molecule has 2 amide bonds. The molecule has 0 radical (unpaired) electrons. The lowest BCUT2D eigenvalue weighted by atomic mass is 10.0. The summed E-state index contributed by atoms with van der Waals surface area (Å²) in [6, 6.07) is 16.8. The Hall–Kier alpha value is -2.24. The minimum Gasteiger partial charge on any atom is -0.372 e. The lowest BCUT2D eigenvalue weighted by Crippen LogP contribution is -2.47. The fourth-order valence-electron chi connectivity index (χ4n) is 4.30. The number of carbonyl (C=O) groups excluding carboxylic acids is 1. The first-order chi connectivity index (χ1) is 14.7. The standard InChI is InChI=1S/C24H31ClN4O/c25-21-7-3-20(4-8-21)18-28-15-11-22(12-16-28)27-24(30)26-17-19-5-9-23(10-6-19)29-13-1-2-14-29/h3-10,22H,1-2,11-18H2,(H2,26,27,30). The van der Waals surface area contributed by atoms with Crippen LogP contribution in [-0.4, -0.2) is 43.2 Å². The maximum atomic E-state index is 12.3. The molecule has 0 aliphatic carbocycles. The fraction of sp³-hybridized carbons (Fsp3) is 0.458. The number of carbonyl (C=O) groups is 1. The van der Waals surface area contributed by atoms with Crippen LogP contribution in [0.25, 0.3) is 0 Å². The van der Waals surface area contributed by atoms with E-state index >= 15 is 0 Å². The van der Waals surface area contributed by atoms with Gasteiger partial charge in [0.05, 0.1) is 0 Å². The molecule has 0 saturated carbocycles. The van der Waals surface area contributed by atoms with E-state index in [4.69, 9.17) is 11.6 Å². The van der Waals surface area contributed by atoms with Crippen LogP contribution in [0, 0.1) is 0 Å². The second-order valence-corrected chi connectivity index (χ2v) is 8.80. The van der Waals surface area contributed by atoms with E-state index in [2.05, 4.69) is 56.8 Å². The van der Waals surface area contributed by atoms with E-state index in [0.717, 1.165) is 56.2 Å². The highest BCUT2D eigenvalue weighted by atomic mass is 35.5. The van der Waals surface area contributed by atoms with E-state index in [1.807, 2.05) is 12.1 Å². The first kappa shape index (κ1) is 21.0. The highest BCUT2D eigenvalue weighted by Gasteiger charge is 2.20. The average Bonchev–Trinajstić information content (AvgIpc) is 3.31. The Labute approximate surface area is 184 Å². The first-order valence-corrected chi connectivity index (χ1v) is 11.4. The number of benzene rings is 2. The summed E-state index contributed by atoms with van der Waals surface area (Å²) in [4.78, 5) is 17.2. The number of anilines is 1. The molecule has 0 spiro atoms. The van der Waals surface area contributed by atoms with Crippen molar-refractivity contribution in [1.82, 2.24) is 15.5 Å². The molecular formula is C24H31ClN4O. The lowest BCUT2D eigenvalue weighted by molar-refractivity contribution is 0.186. The van der Waals surface area contributed by atoms with Gasteiger partial charge in [-0.2, -0.15) is 0 Å². The Morgan fingerprint density at radius 1 is 0.900 bits per heavy atom. The molecule has 160 valence electrons. The second-order valence-electron chi connectivity index (χ2n) is 8.36. The molecule has 2 aliphatic rings. The third kappa shape index (κ3) is 5.89. The Kier molecular flexibility index (Phi) is 7.13. The van der Waals surface area contributed by atoms with Gasteiger partial charge in [0.2, 0.25) is 0 Å². The Bertz CT molecular complexity index is 810. The van der Waals surface area contributed by atoms with Crippen LogP contribution in [-0.2, 0) is 13.1 Å². The summed E-state index contributed by atoms with van der Waals surface area (Å²) in [6.07, 6.45) is 4.52. The fourth-order valence-corrected chi connectivity index (χ4v) is 4.43. The zero-order valence-electron chi connectivity index (χ0n) is 17.4. The van der Waals surface area contributed by atoms with E-state index in [9.17, 15) is 4.79 Å². The summed E-state index contributed by atoms with van der Waals surface area (Å²) in [7, 11) is 0. The molecule has 2 N–H and O–H groups in total. The quantitative estimate of drug-likeness (QED) is 0.719. The predicted octanol–water partition coefficient (Wildman–Crippen LogP) is 4.40. The number of rotatable bonds is 6. The summed E-state index contributed by atoms with van der Waals surface area (Å²) in [6.45, 7) is 5.78. The van der Waals surface area contributed by atoms with Gasteiger partial charge in [-0.1, -0.05) is 35.9 Å². The van der Waals surface area contributed by atoms with E-state index in [1.54, 1.807) is 0 Å². The van der Waals surface area contributed by atoms with Gasteiger partial charge in [0.15, 0.2) is 0 Å². The number of piperidine rings is 1. The molecular weight excluding hydrogens is 396 g/mol. The third-order valence-electron chi connectivity index (χ3n) is 6.10. The lowest BCUT2D eigenvalue weighted by Gasteiger charge is -2.32. The van der Waals surface area contributed by atoms with Crippen LogP contribution in [0.3, 0.4) is 0 Å². The zero-order chi connectivity index (χ0) is 20.8. The minimum atomic E-state index is -0.0743. The molecule has 6 heteroatoms. The van der Waals surface area contributed by atoms with E-state index < -0.39 is 0 Å². The number of urea groups is 1. The van der Waals surface area contributed by atoms with Gasteiger partial charge in [-0.25, -0.2) is 4.79 Å². The van der Waals surface area contributed by atoms with Crippen molar-refractivity contribution in [2.45, 2.75) is 44.8 Å². The van der Waals surface area contributed by atoms with Crippen molar-refractivity contribution in [2.24, 2.45) is 0 Å². The summed E-state index contributed by atoms with van der Waals surface area (Å²) < 4.78 is 0. The number of nitrogens with one attached hydrogen (secondary N) is 2. The molecule has 4 rings (SSSR count). The zero-order valence-corrected chi connectivity index (χ0v) is 18.2. The molecule has 2 aromatic carbocycles. The molecule has 0 unspecified atom stereocenters. The second kappa shape index (κ2) is 10.2. The van der Waals surface area contributed by atoms with Crippen LogP contribution in [0.5, 0.6) is 0 Å². The molecule has 2 fully saturated rings. The SMILES string of the molecule is O=C(NCc1ccc(N2CCCC2)cc1)NC1CCN(Cc2ccc(Cl)cc2)CC1. The number of hydrogen-bond donors (Lipinski definition) is 2. The monoisotopic (exact) mass is 426 g/mol. The Morgan fingerprint density at radius 2 is 1.53 bits per heavy atom. The van der Waals surface area contributed by atoms with Crippen LogP contribution in [0.2, 0.25) is 5.02 Å². The van der Waals surface area contributed by atoms with Crippen LogP contribution < -0.4 is 15.5 Å². The summed E-state index contributed by atoms with van der Waals surface area (Å²) in [5.41, 5.74) is 3.69. The van der Waals surface area contributed by atoms with Gasteiger partial charge in [0.25, 0.3) is 0 Å². The van der Waals surface area contributed by atoms with Gasteiger partial charge < -0.3 is 15.5 Å². The number of nitrogens with zero attached hydrogens (tertiary/aromatic N) is 2. The van der Waals surface area contributed by atoms with Crippen molar-refractivity contribution in [3.8, 4) is 0 Å². The molecule has 0 aromatic heterocycles. The molecule has 2 saturated heterocycles. The van der Waals surface area contributed by atoms with Crippen molar-refractivity contribution < 1.29 is 4.79 Å². The van der Waals surface area contributed by atoms with Crippen molar-refractivity contribution in [1.29, 1.82) is 0 Å². The highest BCUT2D eigenvalue weighted by molar-refractivity contribution is 6.30. The molecule has 0 atom stereocenters. The Balaban J connectivity index is 1.15. The number of hydrogen-bond acceptors (Lipinski definition) is 3. The number of amides is 2. The first-order valence-electron chi connectivity index (χ1n) is 11.0. The Morgan fingerprint density at radius 3 is 2.20 bits per heavy atom. The molecule has 2 heterocycles. The number of likely N-dealkylation sites (tertiary alicyclic amines) is 1. The van der Waals surface area contributed by atoms with Crippen LogP contribution >= 0.6 is 11.6 Å². The van der Waals surface area contributed by atoms with Crippen molar-refractivity contribution in [3.05, 3.63) is 64.7 Å². The van der Waals surface area contributed by atoms with E-state index in [1.165, 1.54) is 24.1 Å². The topological polar surface area (TPSA) is 47.6 Å². The normalized spacial score (nSPS) is 17.8. The van der Waals surface area contributed by atoms with Crippen LogP contribution in [0.4, 0.5) is 10.5 Å². The van der Waals surface area contributed by atoms with E-state index in [-0.39, 0.29) is 12.1 Å².